The summed E-state index contributed by atoms with van der Waals surface area (Å²) in [7, 11) is -5.66. The first-order valence-corrected chi connectivity index (χ1v) is 3.11. The lowest BCUT2D eigenvalue weighted by Gasteiger charge is -2.01. The average Bonchev–Trinajstić information content (AvgIpc) is 1.14. The van der Waals surface area contributed by atoms with Gasteiger partial charge in [0.2, 0.25) is 0 Å². The van der Waals surface area contributed by atoms with Gasteiger partial charge in [0.15, 0.2) is 0 Å². The predicted molar refractivity (Wildman–Crippen MR) is 21.9 cm³/mol. The summed E-state index contributed by atoms with van der Waals surface area (Å²) >= 11 is 3.84. The molecule has 3 nitrogen and oxygen atoms in total. The van der Waals surface area contributed by atoms with Crippen LogP contribution in [0.3, 0.4) is 0 Å². The summed E-state index contributed by atoms with van der Waals surface area (Å²) in [5.41, 5.74) is -4.51. The molecule has 0 heterocycles. The van der Waals surface area contributed by atoms with Crippen molar-refractivity contribution in [3.05, 3.63) is 0 Å². The summed E-state index contributed by atoms with van der Waals surface area (Å²) in [6.07, 6.45) is 0. The van der Waals surface area contributed by atoms with Crippen molar-refractivity contribution in [2.45, 2.75) is 5.57 Å². The van der Waals surface area contributed by atoms with Crippen molar-refractivity contribution >= 4 is 22.1 Å². The van der Waals surface area contributed by atoms with E-state index in [0.717, 1.165) is 0 Å². The summed E-state index contributed by atoms with van der Waals surface area (Å²) in [4.78, 5) is 0. The van der Waals surface area contributed by atoms with E-state index in [0.29, 0.717) is 0 Å². The van der Waals surface area contributed by atoms with Crippen LogP contribution < -0.4 is 0 Å². The highest BCUT2D eigenvalue weighted by Crippen LogP contribution is 2.23. The zero-order chi connectivity index (χ0) is 7.71. The Labute approximate surface area is 53.8 Å². The molecule has 0 aromatic carbocycles. The van der Waals surface area contributed by atoms with Crippen LogP contribution in [0.15, 0.2) is 0 Å². The Morgan fingerprint density at radius 1 is 1.44 bits per heavy atom. The minimum absolute atomic E-state index is 2.36. The molecule has 0 unspecified atom stereocenters. The quantitative estimate of drug-likeness (QED) is 0.475. The van der Waals surface area contributed by atoms with E-state index in [4.69, 9.17) is 0 Å². The largest absolute Gasteiger partial charge is 0.456 e. The smallest absolute Gasteiger partial charge is 0.164 e. The van der Waals surface area contributed by atoms with Gasteiger partial charge >= 0.3 is 16.1 Å². The third kappa shape index (κ3) is 7.99. The van der Waals surface area contributed by atoms with Crippen LogP contribution in [-0.2, 0) is 14.7 Å². The van der Waals surface area contributed by atoms with E-state index >= 15 is 0 Å². The molecular formula is CClF3O3S. The monoisotopic (exact) mass is 184 g/mol. The van der Waals surface area contributed by atoms with Gasteiger partial charge in [-0.05, 0) is 11.6 Å². The van der Waals surface area contributed by atoms with E-state index in [1.165, 1.54) is 0 Å². The van der Waals surface area contributed by atoms with Crippen LogP contribution in [0.5, 0.6) is 0 Å². The molecule has 0 aliphatic rings. The Bertz CT molecular complexity index is 180. The van der Waals surface area contributed by atoms with Gasteiger partial charge in [-0.3, -0.25) is 0 Å². The van der Waals surface area contributed by atoms with Gasteiger partial charge in [0.05, 0.1) is 0 Å². The minimum atomic E-state index is -5.66. The molecule has 8 heteroatoms. The lowest BCUT2D eigenvalue weighted by Crippen LogP contribution is -2.14. The van der Waals surface area contributed by atoms with Gasteiger partial charge in [-0.25, -0.2) is 0 Å². The highest BCUT2D eigenvalue weighted by molar-refractivity contribution is 7.81. The van der Waals surface area contributed by atoms with Crippen molar-refractivity contribution in [3.8, 4) is 0 Å². The fraction of sp³-hybridized carbons (Fsp3) is 1.00. The minimum Gasteiger partial charge on any atom is -0.164 e. The second kappa shape index (κ2) is 2.31. The normalized spacial score (nSPS) is 13.8. The molecule has 0 aromatic rings. The maximum atomic E-state index is 11.1. The molecule has 0 saturated carbocycles. The molecule has 0 N–H and O–H groups in total. The lowest BCUT2D eigenvalue weighted by atomic mass is 11.5. The van der Waals surface area contributed by atoms with E-state index in [-0.39, 0.29) is 0 Å². The molecular weight excluding hydrogens is 185 g/mol. The molecule has 0 amide bonds. The van der Waals surface area contributed by atoms with E-state index in [9.17, 15) is 21.1 Å². The Morgan fingerprint density at radius 2 is 1.78 bits per heavy atom. The first kappa shape index (κ1) is 8.99. The highest BCUT2D eigenvalue weighted by Gasteiger charge is 2.33. The molecule has 0 aromatic heterocycles. The zero-order valence-corrected chi connectivity index (χ0v) is 5.22. The van der Waals surface area contributed by atoms with Crippen LogP contribution in [0.2, 0.25) is 0 Å². The summed E-state index contributed by atoms with van der Waals surface area (Å²) in [6, 6.07) is 0. The average molecular weight is 185 g/mol. The van der Waals surface area contributed by atoms with Gasteiger partial charge in [-0.15, -0.1) is 0 Å². The number of rotatable bonds is 2. The number of alkyl halides is 3. The topological polar surface area (TPSA) is 43.4 Å². The second-order valence-corrected chi connectivity index (χ2v) is 2.32. The second-order valence-electron chi connectivity index (χ2n) is 0.922. The lowest BCUT2D eigenvalue weighted by molar-refractivity contribution is -0.0950. The molecule has 56 valence electrons. The van der Waals surface area contributed by atoms with Crippen LogP contribution >= 0.6 is 11.6 Å². The maximum absolute atomic E-state index is 11.1. The fourth-order valence-corrected chi connectivity index (χ4v) is 0.564. The SMILES string of the molecule is O=S(=O)(F)OC(F)(F)Cl. The summed E-state index contributed by atoms with van der Waals surface area (Å²) in [5.74, 6) is 0. The molecule has 0 saturated heterocycles. The van der Waals surface area contributed by atoms with E-state index in [2.05, 4.69) is 15.8 Å². The van der Waals surface area contributed by atoms with Crippen LogP contribution in [0.25, 0.3) is 0 Å². The van der Waals surface area contributed by atoms with Crippen LogP contribution in [-0.4, -0.2) is 14.0 Å². The molecule has 0 rings (SSSR count). The van der Waals surface area contributed by atoms with E-state index in [1.807, 2.05) is 0 Å². The van der Waals surface area contributed by atoms with Crippen LogP contribution in [0.1, 0.15) is 0 Å². The Morgan fingerprint density at radius 3 is 1.78 bits per heavy atom. The van der Waals surface area contributed by atoms with Gasteiger partial charge in [-0.2, -0.15) is 21.4 Å². The van der Waals surface area contributed by atoms with Crippen molar-refractivity contribution in [2.75, 3.05) is 0 Å². The summed E-state index contributed by atoms with van der Waals surface area (Å²) in [5, 5.41) is 0. The number of halogens is 4. The van der Waals surface area contributed by atoms with Gasteiger partial charge < -0.3 is 0 Å². The molecule has 9 heavy (non-hydrogen) atoms. The number of hydrogen-bond donors (Lipinski definition) is 0. The van der Waals surface area contributed by atoms with Gasteiger partial charge in [0, 0.05) is 0 Å². The van der Waals surface area contributed by atoms with Crippen molar-refractivity contribution in [1.82, 2.24) is 0 Å². The van der Waals surface area contributed by atoms with Crippen LogP contribution in [0, 0.1) is 0 Å². The first-order valence-electron chi connectivity index (χ1n) is 1.43. The molecule has 0 fully saturated rings. The predicted octanol–water partition coefficient (Wildman–Crippen LogP) is 1.01. The van der Waals surface area contributed by atoms with Crippen molar-refractivity contribution in [2.24, 2.45) is 0 Å². The summed E-state index contributed by atoms with van der Waals surface area (Å²) in [6.45, 7) is 0. The maximum Gasteiger partial charge on any atom is 0.456 e. The highest BCUT2D eigenvalue weighted by atomic mass is 35.5. The molecule has 0 spiro atoms. The molecule has 0 atom stereocenters. The molecule has 0 aliphatic carbocycles. The molecule has 0 bridgehead atoms. The Balaban J connectivity index is 4.07. The standard InChI is InChI=1S/CClF3O3S/c2-1(3,4)8-9(5,6)7. The van der Waals surface area contributed by atoms with Crippen molar-refractivity contribution in [3.63, 3.8) is 0 Å². The zero-order valence-electron chi connectivity index (χ0n) is 3.64. The van der Waals surface area contributed by atoms with Crippen molar-refractivity contribution < 1.29 is 25.3 Å². The summed E-state index contributed by atoms with van der Waals surface area (Å²) < 4.78 is 54.1. The van der Waals surface area contributed by atoms with E-state index < -0.39 is 16.1 Å². The van der Waals surface area contributed by atoms with Gasteiger partial charge in [0.1, 0.15) is 0 Å². The third-order valence-corrected chi connectivity index (χ3v) is 0.771. The fourth-order valence-electron chi connectivity index (χ4n) is 0.113. The molecule has 0 radical (unpaired) electrons. The van der Waals surface area contributed by atoms with Crippen LogP contribution in [0.4, 0.5) is 12.7 Å². The van der Waals surface area contributed by atoms with Crippen molar-refractivity contribution in [1.29, 1.82) is 0 Å². The Kier molecular flexibility index (Phi) is 2.31. The first-order chi connectivity index (χ1) is 3.71. The van der Waals surface area contributed by atoms with Gasteiger partial charge in [-0.1, -0.05) is 3.89 Å². The Hall–Kier alpha value is -0.0100. The van der Waals surface area contributed by atoms with Gasteiger partial charge in [0.25, 0.3) is 0 Å². The molecule has 0 aliphatic heterocycles. The third-order valence-electron chi connectivity index (χ3n) is 0.194. The van der Waals surface area contributed by atoms with E-state index in [1.54, 1.807) is 0 Å². The number of hydrogen-bond acceptors (Lipinski definition) is 3.